The van der Waals surface area contributed by atoms with Crippen molar-refractivity contribution >= 4 is 45.1 Å². The molecule has 1 aromatic carbocycles. The largest absolute Gasteiger partial charge is 0.308 e. The summed E-state index contributed by atoms with van der Waals surface area (Å²) in [4.78, 5) is 4.63. The van der Waals surface area contributed by atoms with Crippen LogP contribution in [0.2, 0.25) is 0 Å². The van der Waals surface area contributed by atoms with Crippen molar-refractivity contribution in [1.82, 2.24) is 19.7 Å². The highest BCUT2D eigenvalue weighted by Gasteiger charge is 2.12. The summed E-state index contributed by atoms with van der Waals surface area (Å²) in [5.41, 5.74) is 1.07. The molecular formula is C14H16N4S3. The molecule has 2 aromatic heterocycles. The third kappa shape index (κ3) is 3.41. The Morgan fingerprint density at radius 1 is 1.24 bits per heavy atom. The standard InChI is InChI=1S/C14H16N4S3/c1-9(2)20-13-17-16-12(18(13)3)8-19-14-15-10-6-4-5-7-11(10)21-14/h4-7,9H,8H2,1-3H3. The average molecular weight is 337 g/mol. The molecule has 0 aliphatic carbocycles. The molecule has 0 saturated carbocycles. The number of para-hydroxylation sites is 1. The summed E-state index contributed by atoms with van der Waals surface area (Å²) in [7, 11) is 2.03. The van der Waals surface area contributed by atoms with Crippen LogP contribution >= 0.6 is 34.9 Å². The number of thiazole rings is 1. The van der Waals surface area contributed by atoms with Crippen molar-refractivity contribution in [3.63, 3.8) is 0 Å². The van der Waals surface area contributed by atoms with Gasteiger partial charge in [0.15, 0.2) is 9.50 Å². The summed E-state index contributed by atoms with van der Waals surface area (Å²) in [5, 5.41) is 10.0. The fourth-order valence-corrected chi connectivity index (χ4v) is 4.64. The quantitative estimate of drug-likeness (QED) is 0.653. The van der Waals surface area contributed by atoms with Crippen LogP contribution in [0.15, 0.2) is 33.8 Å². The highest BCUT2D eigenvalue weighted by molar-refractivity contribution is 8.00. The van der Waals surface area contributed by atoms with Crippen LogP contribution in [0.5, 0.6) is 0 Å². The van der Waals surface area contributed by atoms with Gasteiger partial charge in [-0.1, -0.05) is 49.5 Å². The van der Waals surface area contributed by atoms with Crippen LogP contribution < -0.4 is 0 Å². The van der Waals surface area contributed by atoms with Crippen LogP contribution in [0, 0.1) is 0 Å². The van der Waals surface area contributed by atoms with Gasteiger partial charge in [0.25, 0.3) is 0 Å². The van der Waals surface area contributed by atoms with Gasteiger partial charge in [-0.25, -0.2) is 4.98 Å². The van der Waals surface area contributed by atoms with Gasteiger partial charge in [-0.05, 0) is 12.1 Å². The average Bonchev–Trinajstić information content (AvgIpc) is 3.01. The van der Waals surface area contributed by atoms with Crippen molar-refractivity contribution in [3.05, 3.63) is 30.1 Å². The van der Waals surface area contributed by atoms with Crippen molar-refractivity contribution < 1.29 is 0 Å². The molecule has 0 fully saturated rings. The smallest absolute Gasteiger partial charge is 0.191 e. The molecule has 0 saturated heterocycles. The highest BCUT2D eigenvalue weighted by Crippen LogP contribution is 2.31. The molecule has 0 unspecified atom stereocenters. The zero-order chi connectivity index (χ0) is 14.8. The summed E-state index contributed by atoms with van der Waals surface area (Å²) in [6.45, 7) is 4.32. The Labute approximate surface area is 136 Å². The van der Waals surface area contributed by atoms with E-state index in [1.54, 1.807) is 34.9 Å². The minimum absolute atomic E-state index is 0.512. The van der Waals surface area contributed by atoms with E-state index in [4.69, 9.17) is 0 Å². The number of thioether (sulfide) groups is 2. The van der Waals surface area contributed by atoms with E-state index in [-0.39, 0.29) is 0 Å². The first-order chi connectivity index (χ1) is 10.1. The summed E-state index contributed by atoms with van der Waals surface area (Å²) in [5.74, 6) is 1.78. The van der Waals surface area contributed by atoms with Crippen molar-refractivity contribution in [2.75, 3.05) is 0 Å². The molecule has 0 spiro atoms. The SMILES string of the molecule is CC(C)Sc1nnc(CSc2nc3ccccc3s2)n1C. The Bertz CT molecular complexity index is 715. The molecule has 0 bridgehead atoms. The second-order valence-electron chi connectivity index (χ2n) is 4.86. The normalized spacial score (nSPS) is 11.6. The molecule has 21 heavy (non-hydrogen) atoms. The van der Waals surface area contributed by atoms with Gasteiger partial charge in [-0.15, -0.1) is 21.5 Å². The molecule has 0 radical (unpaired) electrons. The molecule has 7 heteroatoms. The van der Waals surface area contributed by atoms with Crippen LogP contribution in [0.4, 0.5) is 0 Å². The van der Waals surface area contributed by atoms with E-state index < -0.39 is 0 Å². The lowest BCUT2D eigenvalue weighted by atomic mass is 10.3. The molecule has 2 heterocycles. The number of fused-ring (bicyclic) bond motifs is 1. The lowest BCUT2D eigenvalue weighted by Crippen LogP contribution is -1.99. The summed E-state index contributed by atoms with van der Waals surface area (Å²) >= 11 is 5.19. The van der Waals surface area contributed by atoms with Crippen LogP contribution in [-0.4, -0.2) is 25.0 Å². The van der Waals surface area contributed by atoms with E-state index in [0.717, 1.165) is 26.6 Å². The molecule has 3 rings (SSSR count). The maximum Gasteiger partial charge on any atom is 0.191 e. The van der Waals surface area contributed by atoms with E-state index in [9.17, 15) is 0 Å². The Hall–Kier alpha value is -1.05. The highest BCUT2D eigenvalue weighted by atomic mass is 32.2. The van der Waals surface area contributed by atoms with E-state index >= 15 is 0 Å². The number of nitrogens with zero attached hydrogens (tertiary/aromatic N) is 4. The second kappa shape index (κ2) is 6.37. The van der Waals surface area contributed by atoms with E-state index in [1.807, 2.05) is 19.2 Å². The van der Waals surface area contributed by atoms with Crippen LogP contribution in [0.3, 0.4) is 0 Å². The van der Waals surface area contributed by atoms with E-state index in [0.29, 0.717) is 5.25 Å². The zero-order valence-electron chi connectivity index (χ0n) is 12.1. The first kappa shape index (κ1) is 14.9. The van der Waals surface area contributed by atoms with Crippen LogP contribution in [0.25, 0.3) is 10.2 Å². The third-order valence-corrected chi connectivity index (χ3v) is 6.08. The lowest BCUT2D eigenvalue weighted by molar-refractivity contribution is 0.759. The maximum atomic E-state index is 4.63. The zero-order valence-corrected chi connectivity index (χ0v) is 14.6. The van der Waals surface area contributed by atoms with Crippen molar-refractivity contribution in [2.24, 2.45) is 7.05 Å². The van der Waals surface area contributed by atoms with Gasteiger partial charge < -0.3 is 4.57 Å². The topological polar surface area (TPSA) is 43.6 Å². The monoisotopic (exact) mass is 336 g/mol. The Balaban J connectivity index is 1.71. The van der Waals surface area contributed by atoms with Crippen molar-refractivity contribution in [1.29, 1.82) is 0 Å². The Morgan fingerprint density at radius 3 is 2.81 bits per heavy atom. The van der Waals surface area contributed by atoms with Gasteiger partial charge >= 0.3 is 0 Å². The van der Waals surface area contributed by atoms with Gasteiger partial charge in [0.2, 0.25) is 0 Å². The van der Waals surface area contributed by atoms with Crippen LogP contribution in [-0.2, 0) is 12.8 Å². The molecule has 4 nitrogen and oxygen atoms in total. The number of rotatable bonds is 5. The van der Waals surface area contributed by atoms with Crippen molar-refractivity contribution in [3.8, 4) is 0 Å². The summed E-state index contributed by atoms with van der Waals surface area (Å²) < 4.78 is 4.39. The first-order valence-corrected chi connectivity index (χ1v) is 9.35. The number of hydrogen-bond acceptors (Lipinski definition) is 6. The predicted molar refractivity (Wildman–Crippen MR) is 91.2 cm³/mol. The molecule has 0 aliphatic rings. The van der Waals surface area contributed by atoms with Crippen molar-refractivity contribution in [2.45, 2.75) is 34.3 Å². The summed E-state index contributed by atoms with van der Waals surface area (Å²) in [6, 6.07) is 8.23. The molecule has 0 amide bonds. The molecular weight excluding hydrogens is 320 g/mol. The van der Waals surface area contributed by atoms with E-state index in [1.165, 1.54) is 4.70 Å². The maximum absolute atomic E-state index is 4.63. The first-order valence-electron chi connectivity index (χ1n) is 6.67. The summed E-state index contributed by atoms with van der Waals surface area (Å²) in [6.07, 6.45) is 0. The third-order valence-electron chi connectivity index (χ3n) is 2.87. The number of hydrogen-bond donors (Lipinski definition) is 0. The molecule has 110 valence electrons. The van der Waals surface area contributed by atoms with Gasteiger partial charge in [-0.2, -0.15) is 0 Å². The molecule has 0 aliphatic heterocycles. The van der Waals surface area contributed by atoms with Gasteiger partial charge in [0, 0.05) is 12.3 Å². The number of benzene rings is 1. The minimum Gasteiger partial charge on any atom is -0.308 e. The Morgan fingerprint density at radius 2 is 2.05 bits per heavy atom. The fourth-order valence-electron chi connectivity index (χ4n) is 1.82. The lowest BCUT2D eigenvalue weighted by Gasteiger charge is -2.04. The fraction of sp³-hybridized carbons (Fsp3) is 0.357. The molecule has 0 atom stereocenters. The second-order valence-corrected chi connectivity index (χ2v) is 8.66. The molecule has 0 N–H and O–H groups in total. The van der Waals surface area contributed by atoms with E-state index in [2.05, 4.69) is 45.7 Å². The predicted octanol–water partition coefficient (Wildman–Crippen LogP) is 4.22. The van der Waals surface area contributed by atoms with Crippen LogP contribution in [0.1, 0.15) is 19.7 Å². The minimum atomic E-state index is 0.512. The van der Waals surface area contributed by atoms with Gasteiger partial charge in [-0.3, -0.25) is 0 Å². The van der Waals surface area contributed by atoms with Gasteiger partial charge in [0.1, 0.15) is 5.82 Å². The van der Waals surface area contributed by atoms with Gasteiger partial charge in [0.05, 0.1) is 16.0 Å². The molecule has 3 aromatic rings. The Kier molecular flexibility index (Phi) is 4.51. The number of aromatic nitrogens is 4.